The van der Waals surface area contributed by atoms with E-state index in [-0.39, 0.29) is 6.79 Å². The standard InChI is InChI=1S/C10H10O3/c1-2-8-3-7(5-11)4-9-10(8)13-6-12-9/h3-5H,2,6H2,1H3. The first-order chi connectivity index (χ1) is 6.35. The molecule has 0 saturated heterocycles. The molecule has 1 aliphatic heterocycles. The molecule has 0 atom stereocenters. The van der Waals surface area contributed by atoms with Crippen LogP contribution in [0.3, 0.4) is 0 Å². The molecule has 0 radical (unpaired) electrons. The van der Waals surface area contributed by atoms with Crippen molar-refractivity contribution in [3.63, 3.8) is 0 Å². The zero-order valence-corrected chi connectivity index (χ0v) is 7.37. The summed E-state index contributed by atoms with van der Waals surface area (Å²) < 4.78 is 10.5. The highest BCUT2D eigenvalue weighted by molar-refractivity contribution is 5.77. The molecule has 0 saturated carbocycles. The molecule has 0 N–H and O–H groups in total. The number of fused-ring (bicyclic) bond motifs is 1. The van der Waals surface area contributed by atoms with Gasteiger partial charge >= 0.3 is 0 Å². The van der Waals surface area contributed by atoms with E-state index in [4.69, 9.17) is 9.47 Å². The minimum absolute atomic E-state index is 0.255. The Labute approximate surface area is 76.3 Å². The van der Waals surface area contributed by atoms with Gasteiger partial charge in [0, 0.05) is 5.56 Å². The maximum atomic E-state index is 10.6. The number of ether oxygens (including phenoxy) is 2. The smallest absolute Gasteiger partial charge is 0.231 e. The average Bonchev–Trinajstić information content (AvgIpc) is 2.63. The van der Waals surface area contributed by atoms with Gasteiger partial charge in [-0.2, -0.15) is 0 Å². The van der Waals surface area contributed by atoms with Crippen molar-refractivity contribution in [3.05, 3.63) is 23.3 Å². The highest BCUT2D eigenvalue weighted by Gasteiger charge is 2.17. The second-order valence-electron chi connectivity index (χ2n) is 2.89. The first kappa shape index (κ1) is 8.10. The molecule has 0 aliphatic carbocycles. The molecular weight excluding hydrogens is 168 g/mol. The first-order valence-corrected chi connectivity index (χ1v) is 4.23. The average molecular weight is 178 g/mol. The normalized spacial score (nSPS) is 13.0. The topological polar surface area (TPSA) is 35.5 Å². The van der Waals surface area contributed by atoms with E-state index in [2.05, 4.69) is 0 Å². The van der Waals surface area contributed by atoms with Crippen LogP contribution in [0.25, 0.3) is 0 Å². The van der Waals surface area contributed by atoms with Gasteiger partial charge in [0.1, 0.15) is 6.29 Å². The van der Waals surface area contributed by atoms with Gasteiger partial charge in [-0.25, -0.2) is 0 Å². The van der Waals surface area contributed by atoms with Gasteiger partial charge in [0.15, 0.2) is 11.5 Å². The van der Waals surface area contributed by atoms with Crippen LogP contribution >= 0.6 is 0 Å². The van der Waals surface area contributed by atoms with Crippen LogP contribution in [0.4, 0.5) is 0 Å². The van der Waals surface area contributed by atoms with E-state index in [1.165, 1.54) is 0 Å². The van der Waals surface area contributed by atoms with E-state index in [1.807, 2.05) is 13.0 Å². The third-order valence-corrected chi connectivity index (χ3v) is 2.09. The van der Waals surface area contributed by atoms with E-state index in [1.54, 1.807) is 6.07 Å². The number of hydrogen-bond donors (Lipinski definition) is 0. The van der Waals surface area contributed by atoms with Crippen molar-refractivity contribution in [1.82, 2.24) is 0 Å². The van der Waals surface area contributed by atoms with E-state index in [0.717, 1.165) is 24.0 Å². The Hall–Kier alpha value is -1.51. The van der Waals surface area contributed by atoms with Crippen LogP contribution in [-0.2, 0) is 6.42 Å². The summed E-state index contributed by atoms with van der Waals surface area (Å²) in [5.74, 6) is 1.47. The molecule has 1 aliphatic rings. The third-order valence-electron chi connectivity index (χ3n) is 2.09. The largest absolute Gasteiger partial charge is 0.454 e. The Morgan fingerprint density at radius 3 is 3.00 bits per heavy atom. The Bertz CT molecular complexity index is 344. The Morgan fingerprint density at radius 2 is 2.31 bits per heavy atom. The molecule has 0 fully saturated rings. The lowest BCUT2D eigenvalue weighted by Gasteiger charge is -2.03. The maximum absolute atomic E-state index is 10.6. The summed E-state index contributed by atoms with van der Waals surface area (Å²) in [5, 5.41) is 0. The molecular formula is C10H10O3. The molecule has 2 rings (SSSR count). The molecule has 0 spiro atoms. The van der Waals surface area contributed by atoms with Gasteiger partial charge < -0.3 is 9.47 Å². The second-order valence-corrected chi connectivity index (χ2v) is 2.89. The van der Waals surface area contributed by atoms with E-state index in [9.17, 15) is 4.79 Å². The van der Waals surface area contributed by atoms with Crippen molar-refractivity contribution in [2.24, 2.45) is 0 Å². The predicted octanol–water partition coefficient (Wildman–Crippen LogP) is 1.79. The molecule has 1 aromatic carbocycles. The molecule has 68 valence electrons. The Balaban J connectivity index is 2.55. The highest BCUT2D eigenvalue weighted by Crippen LogP contribution is 2.36. The van der Waals surface area contributed by atoms with Gasteiger partial charge in [-0.1, -0.05) is 6.92 Å². The molecule has 13 heavy (non-hydrogen) atoms. The number of aldehydes is 1. The van der Waals surface area contributed by atoms with Crippen LogP contribution in [0.2, 0.25) is 0 Å². The summed E-state index contributed by atoms with van der Waals surface area (Å²) in [5.41, 5.74) is 1.67. The summed E-state index contributed by atoms with van der Waals surface area (Å²) in [6.45, 7) is 2.27. The van der Waals surface area contributed by atoms with Crippen LogP contribution < -0.4 is 9.47 Å². The number of aryl methyl sites for hydroxylation is 1. The zero-order chi connectivity index (χ0) is 9.26. The minimum atomic E-state index is 0.255. The molecule has 0 bridgehead atoms. The van der Waals surface area contributed by atoms with Crippen LogP contribution in [0.15, 0.2) is 12.1 Å². The third kappa shape index (κ3) is 1.26. The van der Waals surface area contributed by atoms with Gasteiger partial charge in [-0.05, 0) is 24.1 Å². The second kappa shape index (κ2) is 3.09. The fraction of sp³-hybridized carbons (Fsp3) is 0.300. The predicted molar refractivity (Wildman–Crippen MR) is 47.3 cm³/mol. The number of rotatable bonds is 2. The van der Waals surface area contributed by atoms with Crippen molar-refractivity contribution < 1.29 is 14.3 Å². The lowest BCUT2D eigenvalue weighted by atomic mass is 10.1. The van der Waals surface area contributed by atoms with Crippen LogP contribution in [0.5, 0.6) is 11.5 Å². The fourth-order valence-electron chi connectivity index (χ4n) is 1.44. The minimum Gasteiger partial charge on any atom is -0.454 e. The lowest BCUT2D eigenvalue weighted by Crippen LogP contribution is -1.94. The van der Waals surface area contributed by atoms with E-state index >= 15 is 0 Å². The number of benzene rings is 1. The van der Waals surface area contributed by atoms with Crippen molar-refractivity contribution in [3.8, 4) is 11.5 Å². The van der Waals surface area contributed by atoms with E-state index in [0.29, 0.717) is 11.3 Å². The van der Waals surface area contributed by atoms with Crippen molar-refractivity contribution >= 4 is 6.29 Å². The summed E-state index contributed by atoms with van der Waals surface area (Å²) in [6.07, 6.45) is 1.66. The molecule has 0 aromatic heterocycles. The van der Waals surface area contributed by atoms with Crippen LogP contribution in [0.1, 0.15) is 22.8 Å². The van der Waals surface area contributed by atoms with Gasteiger partial charge in [0.25, 0.3) is 0 Å². The zero-order valence-electron chi connectivity index (χ0n) is 7.37. The molecule has 1 heterocycles. The quantitative estimate of drug-likeness (QED) is 0.647. The molecule has 0 amide bonds. The highest BCUT2D eigenvalue weighted by atomic mass is 16.7. The van der Waals surface area contributed by atoms with Crippen LogP contribution in [0, 0.1) is 0 Å². The monoisotopic (exact) mass is 178 g/mol. The SMILES string of the molecule is CCc1cc(C=O)cc2c1OCO2. The number of hydrogen-bond acceptors (Lipinski definition) is 3. The van der Waals surface area contributed by atoms with Gasteiger partial charge in [0.05, 0.1) is 0 Å². The van der Waals surface area contributed by atoms with Crippen molar-refractivity contribution in [2.45, 2.75) is 13.3 Å². The summed E-state index contributed by atoms with van der Waals surface area (Å²) in [6, 6.07) is 3.54. The number of carbonyl (C=O) groups is 1. The van der Waals surface area contributed by atoms with E-state index < -0.39 is 0 Å². The van der Waals surface area contributed by atoms with Gasteiger partial charge in [0.2, 0.25) is 6.79 Å². The summed E-state index contributed by atoms with van der Waals surface area (Å²) in [7, 11) is 0. The summed E-state index contributed by atoms with van der Waals surface area (Å²) >= 11 is 0. The molecule has 3 heteroatoms. The maximum Gasteiger partial charge on any atom is 0.231 e. The molecule has 1 aromatic rings. The lowest BCUT2D eigenvalue weighted by molar-refractivity contribution is 0.112. The Morgan fingerprint density at radius 1 is 1.46 bits per heavy atom. The van der Waals surface area contributed by atoms with Crippen molar-refractivity contribution in [2.75, 3.05) is 6.79 Å². The van der Waals surface area contributed by atoms with Gasteiger partial charge in [-0.3, -0.25) is 4.79 Å². The van der Waals surface area contributed by atoms with Crippen LogP contribution in [-0.4, -0.2) is 13.1 Å². The molecule has 3 nitrogen and oxygen atoms in total. The van der Waals surface area contributed by atoms with Gasteiger partial charge in [-0.15, -0.1) is 0 Å². The summed E-state index contributed by atoms with van der Waals surface area (Å²) in [4.78, 5) is 10.6. The van der Waals surface area contributed by atoms with Crippen molar-refractivity contribution in [1.29, 1.82) is 0 Å². The first-order valence-electron chi connectivity index (χ1n) is 4.23. The molecule has 0 unspecified atom stereocenters. The fourth-order valence-corrected chi connectivity index (χ4v) is 1.44. The Kier molecular flexibility index (Phi) is 1.93. The number of carbonyl (C=O) groups excluding carboxylic acids is 1.